The van der Waals surface area contributed by atoms with Gasteiger partial charge >= 0.3 is 0 Å². The van der Waals surface area contributed by atoms with E-state index in [1.165, 1.54) is 17.5 Å². The average Bonchev–Trinajstić information content (AvgIpc) is 3.31. The van der Waals surface area contributed by atoms with E-state index in [1.807, 2.05) is 13.0 Å². The predicted octanol–water partition coefficient (Wildman–Crippen LogP) is 4.13. The fourth-order valence-electron chi connectivity index (χ4n) is 4.62. The third-order valence-corrected chi connectivity index (χ3v) is 6.12. The SMILES string of the molecule is CCC(C)CN1C[C@@H]2[C@H](NC(=O)c3ccc(C)o3)c3ccccc3[C@@H]2C1. The summed E-state index contributed by atoms with van der Waals surface area (Å²) in [7, 11) is 0. The zero-order chi connectivity index (χ0) is 18.3. The molecule has 2 aromatic rings. The largest absolute Gasteiger partial charge is 0.456 e. The summed E-state index contributed by atoms with van der Waals surface area (Å²) in [5.41, 5.74) is 2.69. The Morgan fingerprint density at radius 1 is 1.23 bits per heavy atom. The third kappa shape index (κ3) is 3.07. The van der Waals surface area contributed by atoms with Gasteiger partial charge in [0.1, 0.15) is 5.76 Å². The van der Waals surface area contributed by atoms with E-state index in [9.17, 15) is 4.79 Å². The van der Waals surface area contributed by atoms with Crippen LogP contribution in [0.15, 0.2) is 40.8 Å². The molecular weight excluding hydrogens is 324 g/mol. The number of nitrogens with zero attached hydrogens (tertiary/aromatic N) is 1. The molecule has 4 nitrogen and oxygen atoms in total. The van der Waals surface area contributed by atoms with Gasteiger partial charge in [-0.2, -0.15) is 0 Å². The molecule has 1 N–H and O–H groups in total. The molecule has 1 aliphatic heterocycles. The Morgan fingerprint density at radius 2 is 2.00 bits per heavy atom. The number of carbonyl (C=O) groups excluding carboxylic acids is 1. The van der Waals surface area contributed by atoms with Crippen LogP contribution in [0.25, 0.3) is 0 Å². The minimum absolute atomic E-state index is 0.0658. The Bertz CT molecular complexity index is 797. The van der Waals surface area contributed by atoms with Crippen molar-refractivity contribution in [3.8, 4) is 0 Å². The maximum atomic E-state index is 12.7. The highest BCUT2D eigenvalue weighted by Crippen LogP contribution is 2.49. The van der Waals surface area contributed by atoms with Crippen molar-refractivity contribution in [2.75, 3.05) is 19.6 Å². The average molecular weight is 352 g/mol. The molecule has 138 valence electrons. The number of likely N-dealkylation sites (tertiary alicyclic amines) is 1. The van der Waals surface area contributed by atoms with E-state index in [1.54, 1.807) is 6.07 Å². The zero-order valence-electron chi connectivity index (χ0n) is 15.9. The van der Waals surface area contributed by atoms with Crippen LogP contribution in [0.5, 0.6) is 0 Å². The first-order valence-electron chi connectivity index (χ1n) is 9.75. The number of amides is 1. The molecule has 1 saturated heterocycles. The van der Waals surface area contributed by atoms with Gasteiger partial charge in [0.25, 0.3) is 5.91 Å². The molecule has 0 bridgehead atoms. The van der Waals surface area contributed by atoms with Gasteiger partial charge < -0.3 is 14.6 Å². The zero-order valence-corrected chi connectivity index (χ0v) is 15.9. The van der Waals surface area contributed by atoms with Crippen LogP contribution in [0.2, 0.25) is 0 Å². The molecule has 26 heavy (non-hydrogen) atoms. The number of fused-ring (bicyclic) bond motifs is 3. The molecule has 4 rings (SSSR count). The van der Waals surface area contributed by atoms with E-state index < -0.39 is 0 Å². The van der Waals surface area contributed by atoms with Crippen LogP contribution in [-0.2, 0) is 0 Å². The number of benzene rings is 1. The lowest BCUT2D eigenvalue weighted by Crippen LogP contribution is -2.34. The topological polar surface area (TPSA) is 45.5 Å². The lowest BCUT2D eigenvalue weighted by Gasteiger charge is -2.24. The van der Waals surface area contributed by atoms with E-state index >= 15 is 0 Å². The van der Waals surface area contributed by atoms with Gasteiger partial charge in [-0.15, -0.1) is 0 Å². The fourth-order valence-corrected chi connectivity index (χ4v) is 4.62. The maximum Gasteiger partial charge on any atom is 0.287 e. The summed E-state index contributed by atoms with van der Waals surface area (Å²) in [5.74, 6) is 2.72. The standard InChI is InChI=1S/C22H28N2O2/c1-4-14(2)11-24-12-18-16-7-5-6-8-17(16)21(19(18)13-24)23-22(25)20-10-9-15(3)26-20/h5-10,14,18-19,21H,4,11-13H2,1-3H3,(H,23,25)/t14?,18-,19-,21+/m0/s1. The van der Waals surface area contributed by atoms with Crippen molar-refractivity contribution in [3.05, 3.63) is 59.0 Å². The van der Waals surface area contributed by atoms with Gasteiger partial charge in [0.2, 0.25) is 0 Å². The van der Waals surface area contributed by atoms with E-state index in [0.29, 0.717) is 23.5 Å². The molecule has 1 aromatic carbocycles. The van der Waals surface area contributed by atoms with Gasteiger partial charge in [-0.3, -0.25) is 4.79 Å². The van der Waals surface area contributed by atoms with Crippen LogP contribution in [-0.4, -0.2) is 30.4 Å². The Kier molecular flexibility index (Phi) is 4.62. The van der Waals surface area contributed by atoms with Crippen LogP contribution >= 0.6 is 0 Å². The van der Waals surface area contributed by atoms with Crippen molar-refractivity contribution >= 4 is 5.91 Å². The van der Waals surface area contributed by atoms with E-state index in [4.69, 9.17) is 4.42 Å². The molecule has 1 unspecified atom stereocenters. The van der Waals surface area contributed by atoms with Crippen LogP contribution in [0, 0.1) is 18.8 Å². The van der Waals surface area contributed by atoms with Gasteiger partial charge in [-0.25, -0.2) is 0 Å². The van der Waals surface area contributed by atoms with Crippen molar-refractivity contribution in [1.82, 2.24) is 10.2 Å². The van der Waals surface area contributed by atoms with Gasteiger partial charge in [-0.05, 0) is 36.1 Å². The Balaban J connectivity index is 1.56. The van der Waals surface area contributed by atoms with Crippen molar-refractivity contribution in [2.24, 2.45) is 11.8 Å². The van der Waals surface area contributed by atoms with Crippen LogP contribution in [0.1, 0.15) is 59.7 Å². The predicted molar refractivity (Wildman–Crippen MR) is 102 cm³/mol. The van der Waals surface area contributed by atoms with Crippen LogP contribution < -0.4 is 5.32 Å². The number of hydrogen-bond donors (Lipinski definition) is 1. The second-order valence-corrected chi connectivity index (χ2v) is 7.99. The molecule has 0 saturated carbocycles. The third-order valence-electron chi connectivity index (χ3n) is 6.12. The number of carbonyl (C=O) groups is 1. The highest BCUT2D eigenvalue weighted by Gasteiger charge is 2.46. The van der Waals surface area contributed by atoms with Crippen molar-refractivity contribution in [3.63, 3.8) is 0 Å². The Labute approximate surface area is 155 Å². The summed E-state index contributed by atoms with van der Waals surface area (Å²) >= 11 is 0. The van der Waals surface area contributed by atoms with E-state index in [2.05, 4.69) is 48.3 Å². The van der Waals surface area contributed by atoms with E-state index in [0.717, 1.165) is 25.4 Å². The van der Waals surface area contributed by atoms with Gasteiger partial charge in [0.15, 0.2) is 5.76 Å². The molecule has 1 aliphatic carbocycles. The summed E-state index contributed by atoms with van der Waals surface area (Å²) < 4.78 is 5.52. The number of rotatable bonds is 5. The second-order valence-electron chi connectivity index (χ2n) is 7.99. The monoisotopic (exact) mass is 352 g/mol. The molecule has 2 aliphatic rings. The summed E-state index contributed by atoms with van der Waals surface area (Å²) in [5, 5.41) is 3.26. The number of hydrogen-bond acceptors (Lipinski definition) is 3. The molecular formula is C22H28N2O2. The van der Waals surface area contributed by atoms with E-state index in [-0.39, 0.29) is 11.9 Å². The van der Waals surface area contributed by atoms with Crippen LogP contribution in [0.4, 0.5) is 0 Å². The summed E-state index contributed by atoms with van der Waals surface area (Å²) in [6.07, 6.45) is 1.21. The highest BCUT2D eigenvalue weighted by atomic mass is 16.3. The smallest absolute Gasteiger partial charge is 0.287 e. The molecule has 1 fully saturated rings. The Hall–Kier alpha value is -2.07. The molecule has 0 spiro atoms. The van der Waals surface area contributed by atoms with Crippen LogP contribution in [0.3, 0.4) is 0 Å². The molecule has 1 aromatic heterocycles. The van der Waals surface area contributed by atoms with Gasteiger partial charge in [0.05, 0.1) is 6.04 Å². The Morgan fingerprint density at radius 3 is 2.69 bits per heavy atom. The first kappa shape index (κ1) is 17.3. The van der Waals surface area contributed by atoms with Gasteiger partial charge in [0, 0.05) is 31.5 Å². The number of furan rings is 1. The molecule has 1 amide bonds. The maximum absolute atomic E-state index is 12.7. The first-order chi connectivity index (χ1) is 12.6. The highest BCUT2D eigenvalue weighted by molar-refractivity contribution is 5.92. The van der Waals surface area contributed by atoms with Gasteiger partial charge in [-0.1, -0.05) is 44.5 Å². The quantitative estimate of drug-likeness (QED) is 0.880. The molecule has 0 radical (unpaired) electrons. The lowest BCUT2D eigenvalue weighted by molar-refractivity contribution is 0.0894. The first-order valence-corrected chi connectivity index (χ1v) is 9.75. The molecule has 4 heteroatoms. The van der Waals surface area contributed by atoms with Crippen molar-refractivity contribution in [1.29, 1.82) is 0 Å². The summed E-state index contributed by atoms with van der Waals surface area (Å²) in [6, 6.07) is 12.3. The summed E-state index contributed by atoms with van der Waals surface area (Å²) in [6.45, 7) is 9.72. The lowest BCUT2D eigenvalue weighted by atomic mass is 9.94. The summed E-state index contributed by atoms with van der Waals surface area (Å²) in [4.78, 5) is 15.3. The second kappa shape index (κ2) is 6.92. The molecule has 2 heterocycles. The van der Waals surface area contributed by atoms with Crippen molar-refractivity contribution in [2.45, 2.75) is 39.2 Å². The molecule has 4 atom stereocenters. The number of nitrogens with one attached hydrogen (secondary N) is 1. The fraction of sp³-hybridized carbons (Fsp3) is 0.500. The minimum Gasteiger partial charge on any atom is -0.456 e. The number of aryl methyl sites for hydroxylation is 1. The van der Waals surface area contributed by atoms with Crippen molar-refractivity contribution < 1.29 is 9.21 Å². The minimum atomic E-state index is -0.112. The normalized spacial score (nSPS) is 25.7.